The zero-order chi connectivity index (χ0) is 26.5. The van der Waals surface area contributed by atoms with Crippen LogP contribution in [0.25, 0.3) is 22.3 Å². The van der Waals surface area contributed by atoms with E-state index in [2.05, 4.69) is 15.1 Å². The number of rotatable bonds is 3. The number of carbonyl (C=O) groups is 1. The van der Waals surface area contributed by atoms with Gasteiger partial charge in [0, 0.05) is 43.4 Å². The van der Waals surface area contributed by atoms with Crippen LogP contribution in [0.1, 0.15) is 40.5 Å². The first-order chi connectivity index (χ1) is 17.6. The van der Waals surface area contributed by atoms with Crippen LogP contribution in [0.2, 0.25) is 0 Å². The third kappa shape index (κ3) is 4.36. The molecular formula is C25H20F5N5O2. The molecule has 12 heteroatoms. The largest absolute Gasteiger partial charge is 0.503 e. The van der Waals surface area contributed by atoms with Crippen LogP contribution in [-0.4, -0.2) is 48.8 Å². The molecule has 1 aliphatic heterocycles. The molecule has 0 saturated carbocycles. The molecule has 1 unspecified atom stereocenters. The molecule has 1 atom stereocenters. The lowest BCUT2D eigenvalue weighted by Crippen LogP contribution is -2.39. The fourth-order valence-corrected chi connectivity index (χ4v) is 4.58. The highest BCUT2D eigenvalue weighted by Gasteiger charge is 2.38. The molecule has 1 fully saturated rings. The summed E-state index contributed by atoms with van der Waals surface area (Å²) < 4.78 is 69.7. The van der Waals surface area contributed by atoms with E-state index in [-0.39, 0.29) is 34.6 Å². The lowest BCUT2D eigenvalue weighted by molar-refractivity contribution is -0.140. The van der Waals surface area contributed by atoms with E-state index >= 15 is 0 Å². The van der Waals surface area contributed by atoms with Crippen molar-refractivity contribution in [3.63, 3.8) is 0 Å². The van der Waals surface area contributed by atoms with Gasteiger partial charge in [0.05, 0.1) is 10.9 Å². The third-order valence-corrected chi connectivity index (χ3v) is 6.43. The summed E-state index contributed by atoms with van der Waals surface area (Å²) in [4.78, 5) is 23.5. The van der Waals surface area contributed by atoms with Crippen LogP contribution in [-0.2, 0) is 13.2 Å². The van der Waals surface area contributed by atoms with E-state index in [1.807, 2.05) is 6.07 Å². The van der Waals surface area contributed by atoms with Crippen molar-refractivity contribution in [2.75, 3.05) is 13.1 Å². The molecule has 1 N–H and O–H groups in total. The van der Waals surface area contributed by atoms with Gasteiger partial charge in [0.2, 0.25) is 0 Å². The SMILES string of the molecule is Cn1nc(-c2cc(C(F)(F)F)c(F)c(O)c2F)c2cnc(C3CCCN(C(=O)c4ccccc4)C3)nc21. The first-order valence-corrected chi connectivity index (χ1v) is 11.4. The number of alkyl halides is 3. The maximum absolute atomic E-state index is 14.7. The van der Waals surface area contributed by atoms with Crippen molar-refractivity contribution in [1.29, 1.82) is 0 Å². The minimum absolute atomic E-state index is 0.110. The van der Waals surface area contributed by atoms with E-state index in [1.54, 1.807) is 29.2 Å². The summed E-state index contributed by atoms with van der Waals surface area (Å²) in [5.41, 5.74) is -2.04. The van der Waals surface area contributed by atoms with Gasteiger partial charge >= 0.3 is 6.18 Å². The number of carbonyl (C=O) groups excluding carboxylic acids is 1. The summed E-state index contributed by atoms with van der Waals surface area (Å²) in [5.74, 6) is -5.32. The van der Waals surface area contributed by atoms with Crippen LogP contribution in [0.5, 0.6) is 5.75 Å². The van der Waals surface area contributed by atoms with Gasteiger partial charge in [-0.05, 0) is 31.0 Å². The minimum Gasteiger partial charge on any atom is -0.503 e. The third-order valence-electron chi connectivity index (χ3n) is 6.43. The Morgan fingerprint density at radius 3 is 2.57 bits per heavy atom. The van der Waals surface area contributed by atoms with Crippen LogP contribution in [0.15, 0.2) is 42.6 Å². The lowest BCUT2D eigenvalue weighted by Gasteiger charge is -2.32. The Bertz CT molecular complexity index is 1500. The van der Waals surface area contributed by atoms with Gasteiger partial charge in [0.25, 0.3) is 5.91 Å². The van der Waals surface area contributed by atoms with Gasteiger partial charge in [0.15, 0.2) is 23.0 Å². The maximum Gasteiger partial charge on any atom is 0.419 e. The Morgan fingerprint density at radius 2 is 1.86 bits per heavy atom. The lowest BCUT2D eigenvalue weighted by atomic mass is 9.96. The van der Waals surface area contributed by atoms with E-state index in [0.717, 1.165) is 6.42 Å². The van der Waals surface area contributed by atoms with Crippen LogP contribution in [0.3, 0.4) is 0 Å². The second kappa shape index (κ2) is 9.09. The molecule has 7 nitrogen and oxygen atoms in total. The summed E-state index contributed by atoms with van der Waals surface area (Å²) in [7, 11) is 1.47. The average molecular weight is 517 g/mol. The van der Waals surface area contributed by atoms with Crippen LogP contribution >= 0.6 is 0 Å². The molecule has 0 bridgehead atoms. The second-order valence-electron chi connectivity index (χ2n) is 8.84. The number of benzene rings is 2. The van der Waals surface area contributed by atoms with Gasteiger partial charge in [-0.25, -0.2) is 23.4 Å². The monoisotopic (exact) mass is 517 g/mol. The Labute approximate surface area is 207 Å². The number of amides is 1. The van der Waals surface area contributed by atoms with Gasteiger partial charge in [-0.15, -0.1) is 0 Å². The molecule has 5 rings (SSSR count). The van der Waals surface area contributed by atoms with Crippen LogP contribution in [0, 0.1) is 11.6 Å². The van der Waals surface area contributed by atoms with E-state index in [0.29, 0.717) is 30.9 Å². The smallest absolute Gasteiger partial charge is 0.419 e. The number of likely N-dealkylation sites (tertiary alicyclic amines) is 1. The zero-order valence-corrected chi connectivity index (χ0v) is 19.4. The number of aromatic hydroxyl groups is 1. The first kappa shape index (κ1) is 24.6. The van der Waals surface area contributed by atoms with Crippen molar-refractivity contribution in [2.45, 2.75) is 24.9 Å². The van der Waals surface area contributed by atoms with Crippen LogP contribution in [0.4, 0.5) is 22.0 Å². The normalized spacial score (nSPS) is 16.4. The van der Waals surface area contributed by atoms with E-state index in [1.165, 1.54) is 17.9 Å². The molecule has 1 amide bonds. The Kier molecular flexibility index (Phi) is 6.04. The molecule has 0 radical (unpaired) electrons. The van der Waals surface area contributed by atoms with Gasteiger partial charge < -0.3 is 10.0 Å². The van der Waals surface area contributed by atoms with Crippen molar-refractivity contribution in [3.05, 3.63) is 71.2 Å². The van der Waals surface area contributed by atoms with Gasteiger partial charge in [0.1, 0.15) is 11.5 Å². The quantitative estimate of drug-likeness (QED) is 0.385. The molecular weight excluding hydrogens is 497 g/mol. The first-order valence-electron chi connectivity index (χ1n) is 11.4. The fourth-order valence-electron chi connectivity index (χ4n) is 4.58. The van der Waals surface area contributed by atoms with Crippen molar-refractivity contribution in [2.24, 2.45) is 7.05 Å². The zero-order valence-electron chi connectivity index (χ0n) is 19.4. The molecule has 4 aromatic rings. The number of aromatic nitrogens is 4. The Hall–Kier alpha value is -4.09. The molecule has 192 valence electrons. The van der Waals surface area contributed by atoms with Gasteiger partial charge in [-0.3, -0.25) is 4.79 Å². The minimum atomic E-state index is -5.16. The topological polar surface area (TPSA) is 84.1 Å². The van der Waals surface area contributed by atoms with E-state index < -0.39 is 34.7 Å². The highest BCUT2D eigenvalue weighted by Crippen LogP contribution is 2.41. The van der Waals surface area contributed by atoms with Crippen molar-refractivity contribution in [1.82, 2.24) is 24.6 Å². The Morgan fingerprint density at radius 1 is 1.14 bits per heavy atom. The number of hydrogen-bond donors (Lipinski definition) is 1. The summed E-state index contributed by atoms with van der Waals surface area (Å²) in [6.45, 7) is 0.955. The predicted octanol–water partition coefficient (Wildman–Crippen LogP) is 5.05. The molecule has 0 aliphatic carbocycles. The van der Waals surface area contributed by atoms with E-state index in [9.17, 15) is 31.9 Å². The van der Waals surface area contributed by atoms with E-state index in [4.69, 9.17) is 0 Å². The number of aryl methyl sites for hydroxylation is 1. The number of nitrogens with zero attached hydrogens (tertiary/aromatic N) is 5. The average Bonchev–Trinajstić information content (AvgIpc) is 3.22. The summed E-state index contributed by atoms with van der Waals surface area (Å²) in [6, 6.07) is 9.14. The van der Waals surface area contributed by atoms with Crippen LogP contribution < -0.4 is 0 Å². The fraction of sp³-hybridized carbons (Fsp3) is 0.280. The van der Waals surface area contributed by atoms with Crippen molar-refractivity contribution < 1.29 is 31.9 Å². The number of phenolic OH excluding ortho intramolecular Hbond substituents is 1. The number of hydrogen-bond acceptors (Lipinski definition) is 5. The molecule has 1 aliphatic rings. The Balaban J connectivity index is 1.51. The molecule has 37 heavy (non-hydrogen) atoms. The summed E-state index contributed by atoms with van der Waals surface area (Å²) in [6.07, 6.45) is -2.42. The standard InChI is InChI=1S/C25H20F5N5O2/c1-34-23-16(20(33-34)15-10-17(25(28,29)30)19(27)21(36)18(15)26)11-31-22(32-23)14-8-5-9-35(12-14)24(37)13-6-3-2-4-7-13/h2-4,6-7,10-11,14,36H,5,8-9,12H2,1H3. The molecule has 2 aromatic heterocycles. The van der Waals surface area contributed by atoms with Crippen molar-refractivity contribution >= 4 is 16.9 Å². The highest BCUT2D eigenvalue weighted by atomic mass is 19.4. The maximum atomic E-state index is 14.7. The van der Waals surface area contributed by atoms with Crippen molar-refractivity contribution in [3.8, 4) is 17.0 Å². The number of fused-ring (bicyclic) bond motifs is 1. The summed E-state index contributed by atoms with van der Waals surface area (Å²) >= 11 is 0. The van der Waals surface area contributed by atoms with Gasteiger partial charge in [-0.1, -0.05) is 18.2 Å². The molecule has 0 spiro atoms. The molecule has 2 aromatic carbocycles. The number of halogens is 5. The number of phenols is 1. The predicted molar refractivity (Wildman–Crippen MR) is 123 cm³/mol. The van der Waals surface area contributed by atoms with Gasteiger partial charge in [-0.2, -0.15) is 18.3 Å². The highest BCUT2D eigenvalue weighted by molar-refractivity contribution is 5.94. The second-order valence-corrected chi connectivity index (χ2v) is 8.84. The molecule has 1 saturated heterocycles. The number of piperidine rings is 1. The molecule has 3 heterocycles. The summed E-state index contributed by atoms with van der Waals surface area (Å²) in [5, 5.41) is 13.9.